The first-order valence-electron chi connectivity index (χ1n) is 3.39. The molecule has 0 aliphatic heterocycles. The maximum absolute atomic E-state index is 12.9. The van der Waals surface area contributed by atoms with Crippen molar-refractivity contribution in [2.45, 2.75) is 6.61 Å². The maximum atomic E-state index is 12.9. The monoisotopic (exact) mass is 168 g/mol. The summed E-state index contributed by atoms with van der Waals surface area (Å²) >= 11 is 0. The van der Waals surface area contributed by atoms with E-state index >= 15 is 0 Å². The predicted molar refractivity (Wildman–Crippen MR) is 43.3 cm³/mol. The molecule has 0 aliphatic rings. The van der Waals surface area contributed by atoms with Gasteiger partial charge in [-0.1, -0.05) is 12.1 Å². The lowest BCUT2D eigenvalue weighted by atomic mass is 10.1. The smallest absolute Gasteiger partial charge is 0.129 e. The molecule has 4 heteroatoms. The highest BCUT2D eigenvalue weighted by Crippen LogP contribution is 2.09. The maximum Gasteiger partial charge on any atom is 0.129 e. The lowest BCUT2D eigenvalue weighted by Gasteiger charge is -2.01. The van der Waals surface area contributed by atoms with Gasteiger partial charge in [0, 0.05) is 11.1 Å². The molecule has 0 unspecified atom stereocenters. The summed E-state index contributed by atoms with van der Waals surface area (Å²) in [4.78, 5) is 0. The van der Waals surface area contributed by atoms with Crippen LogP contribution in [0.2, 0.25) is 0 Å². The summed E-state index contributed by atoms with van der Waals surface area (Å²) in [7, 11) is 0. The molecule has 0 bridgehead atoms. The van der Waals surface area contributed by atoms with Gasteiger partial charge in [-0.2, -0.15) is 0 Å². The number of hydrogen-bond donors (Lipinski definition) is 3. The molecule has 64 valence electrons. The number of amidine groups is 1. The van der Waals surface area contributed by atoms with Gasteiger partial charge in [-0.3, -0.25) is 5.41 Å². The van der Waals surface area contributed by atoms with Crippen LogP contribution in [0.3, 0.4) is 0 Å². The molecule has 0 spiro atoms. The quantitative estimate of drug-likeness (QED) is 0.447. The van der Waals surface area contributed by atoms with Gasteiger partial charge >= 0.3 is 0 Å². The number of nitrogens with one attached hydrogen (secondary N) is 1. The van der Waals surface area contributed by atoms with Crippen LogP contribution in [-0.2, 0) is 6.61 Å². The fourth-order valence-corrected chi connectivity index (χ4v) is 0.843. The molecule has 3 nitrogen and oxygen atoms in total. The molecular formula is C8H9FN2O. The standard InChI is InChI=1S/C8H9FN2O/c9-7-3-5(8(10)11)1-2-6(7)4-12/h1-3,12H,4H2,(H3,10,11). The van der Waals surface area contributed by atoms with E-state index in [1.807, 2.05) is 0 Å². The van der Waals surface area contributed by atoms with Crippen LogP contribution in [-0.4, -0.2) is 10.9 Å². The number of benzene rings is 1. The number of halogens is 1. The second-order valence-corrected chi connectivity index (χ2v) is 2.38. The van der Waals surface area contributed by atoms with Crippen LogP contribution in [0.1, 0.15) is 11.1 Å². The van der Waals surface area contributed by atoms with Gasteiger partial charge in [0.15, 0.2) is 0 Å². The van der Waals surface area contributed by atoms with Crippen molar-refractivity contribution in [2.24, 2.45) is 5.73 Å². The molecule has 0 amide bonds. The van der Waals surface area contributed by atoms with Crippen molar-refractivity contribution >= 4 is 5.84 Å². The molecule has 0 aliphatic carbocycles. The van der Waals surface area contributed by atoms with Crippen LogP contribution in [0.15, 0.2) is 18.2 Å². The minimum atomic E-state index is -0.537. The van der Waals surface area contributed by atoms with Crippen molar-refractivity contribution in [1.82, 2.24) is 0 Å². The van der Waals surface area contributed by atoms with Crippen molar-refractivity contribution < 1.29 is 9.50 Å². The highest BCUT2D eigenvalue weighted by atomic mass is 19.1. The van der Waals surface area contributed by atoms with E-state index in [2.05, 4.69) is 0 Å². The summed E-state index contributed by atoms with van der Waals surface area (Å²) in [6.45, 7) is -0.343. The van der Waals surface area contributed by atoms with E-state index < -0.39 is 5.82 Å². The van der Waals surface area contributed by atoms with E-state index in [1.54, 1.807) is 0 Å². The lowest BCUT2D eigenvalue weighted by molar-refractivity contribution is 0.275. The van der Waals surface area contributed by atoms with Gasteiger partial charge in [-0.15, -0.1) is 0 Å². The van der Waals surface area contributed by atoms with Crippen molar-refractivity contribution in [1.29, 1.82) is 5.41 Å². The van der Waals surface area contributed by atoms with E-state index in [1.165, 1.54) is 12.1 Å². The molecule has 0 radical (unpaired) electrons. The third-order valence-electron chi connectivity index (χ3n) is 1.53. The first-order chi connectivity index (χ1) is 5.65. The normalized spacial score (nSPS) is 9.83. The number of nitrogens with two attached hydrogens (primary N) is 1. The largest absolute Gasteiger partial charge is 0.392 e. The van der Waals surface area contributed by atoms with Crippen LogP contribution in [0, 0.1) is 11.2 Å². The average molecular weight is 168 g/mol. The molecule has 1 aromatic rings. The summed E-state index contributed by atoms with van der Waals surface area (Å²) in [5.74, 6) is -0.719. The minimum absolute atomic E-state index is 0.182. The van der Waals surface area contributed by atoms with E-state index in [0.717, 1.165) is 6.07 Å². The Morgan fingerprint density at radius 2 is 2.25 bits per heavy atom. The fourth-order valence-electron chi connectivity index (χ4n) is 0.843. The molecule has 1 aromatic carbocycles. The number of rotatable bonds is 2. The third kappa shape index (κ3) is 1.60. The molecule has 0 aromatic heterocycles. The Balaban J connectivity index is 3.10. The molecule has 0 heterocycles. The molecule has 0 saturated carbocycles. The van der Waals surface area contributed by atoms with Crippen LogP contribution in [0.4, 0.5) is 4.39 Å². The van der Waals surface area contributed by atoms with Gasteiger partial charge in [-0.25, -0.2) is 4.39 Å². The third-order valence-corrected chi connectivity index (χ3v) is 1.53. The zero-order valence-corrected chi connectivity index (χ0v) is 6.34. The topological polar surface area (TPSA) is 70.1 Å². The van der Waals surface area contributed by atoms with Crippen molar-refractivity contribution in [3.8, 4) is 0 Å². The number of nitrogen functional groups attached to an aromatic ring is 1. The summed E-state index contributed by atoms with van der Waals surface area (Å²) in [5.41, 5.74) is 5.66. The molecular weight excluding hydrogens is 159 g/mol. The number of hydrogen-bond acceptors (Lipinski definition) is 2. The molecule has 0 atom stereocenters. The van der Waals surface area contributed by atoms with E-state index in [-0.39, 0.29) is 18.0 Å². The Kier molecular flexibility index (Phi) is 2.40. The van der Waals surface area contributed by atoms with Gasteiger partial charge < -0.3 is 10.8 Å². The van der Waals surface area contributed by atoms with Crippen LogP contribution in [0.5, 0.6) is 0 Å². The number of aliphatic hydroxyl groups excluding tert-OH is 1. The summed E-state index contributed by atoms with van der Waals surface area (Å²) in [6.07, 6.45) is 0. The average Bonchev–Trinajstić information content (AvgIpc) is 2.04. The van der Waals surface area contributed by atoms with Crippen molar-refractivity contribution in [3.63, 3.8) is 0 Å². The summed E-state index contributed by atoms with van der Waals surface area (Å²) in [6, 6.07) is 4.04. The first kappa shape index (κ1) is 8.67. The minimum Gasteiger partial charge on any atom is -0.392 e. The highest BCUT2D eigenvalue weighted by Gasteiger charge is 2.03. The second kappa shape index (κ2) is 3.32. The van der Waals surface area contributed by atoms with E-state index in [9.17, 15) is 4.39 Å². The zero-order valence-electron chi connectivity index (χ0n) is 6.34. The number of aliphatic hydroxyl groups is 1. The lowest BCUT2D eigenvalue weighted by Crippen LogP contribution is -2.11. The SMILES string of the molecule is N=C(N)c1ccc(CO)c(F)c1. The molecule has 1 rings (SSSR count). The van der Waals surface area contributed by atoms with E-state index in [0.29, 0.717) is 5.56 Å². The Morgan fingerprint density at radius 1 is 1.58 bits per heavy atom. The van der Waals surface area contributed by atoms with Crippen molar-refractivity contribution in [3.05, 3.63) is 35.1 Å². The fraction of sp³-hybridized carbons (Fsp3) is 0.125. The molecule has 4 N–H and O–H groups in total. The van der Waals surface area contributed by atoms with E-state index in [4.69, 9.17) is 16.2 Å². The van der Waals surface area contributed by atoms with Gasteiger partial charge in [0.1, 0.15) is 11.7 Å². The summed E-state index contributed by atoms with van der Waals surface area (Å²) < 4.78 is 12.9. The van der Waals surface area contributed by atoms with Gasteiger partial charge in [0.25, 0.3) is 0 Å². The van der Waals surface area contributed by atoms with Crippen LogP contribution >= 0.6 is 0 Å². The summed E-state index contributed by atoms with van der Waals surface area (Å²) in [5, 5.41) is 15.6. The van der Waals surface area contributed by atoms with Gasteiger partial charge in [0.2, 0.25) is 0 Å². The Bertz CT molecular complexity index is 312. The zero-order chi connectivity index (χ0) is 9.14. The predicted octanol–water partition coefficient (Wildman–Crippen LogP) is 0.602. The molecule has 12 heavy (non-hydrogen) atoms. The van der Waals surface area contributed by atoms with Gasteiger partial charge in [-0.05, 0) is 6.07 Å². The molecule has 0 saturated heterocycles. The Morgan fingerprint density at radius 3 is 2.67 bits per heavy atom. The second-order valence-electron chi connectivity index (χ2n) is 2.38. The van der Waals surface area contributed by atoms with Crippen molar-refractivity contribution in [2.75, 3.05) is 0 Å². The first-order valence-corrected chi connectivity index (χ1v) is 3.39. The Labute approximate surface area is 69.1 Å². The Hall–Kier alpha value is -1.42. The van der Waals surface area contributed by atoms with Crippen LogP contribution in [0.25, 0.3) is 0 Å². The van der Waals surface area contributed by atoms with Gasteiger partial charge in [0.05, 0.1) is 6.61 Å². The van der Waals surface area contributed by atoms with Crippen LogP contribution < -0.4 is 5.73 Å². The molecule has 0 fully saturated rings. The highest BCUT2D eigenvalue weighted by molar-refractivity contribution is 5.94.